The molecule has 25 heteroatoms. The second-order valence-electron chi connectivity index (χ2n) is 24.3. The third-order valence-electron chi connectivity index (χ3n) is 16.6. The molecule has 0 aromatic rings. The first-order chi connectivity index (χ1) is 41.4. The van der Waals surface area contributed by atoms with Crippen molar-refractivity contribution in [3.8, 4) is 0 Å². The van der Waals surface area contributed by atoms with E-state index in [1.165, 1.54) is 12.2 Å². The number of aliphatic hydroxyl groups is 18. The fourth-order valence-corrected chi connectivity index (χ4v) is 11.1. The first-order valence-corrected chi connectivity index (χ1v) is 32.6. The molecule has 0 saturated carbocycles. The van der Waals surface area contributed by atoms with Gasteiger partial charge in [0, 0.05) is 19.3 Å². The molecule has 0 aromatic heterocycles. The van der Waals surface area contributed by atoms with Gasteiger partial charge in [-0.05, 0) is 127 Å². The largest absolute Gasteiger partial charge is 0.397 e. The fraction of sp³-hybridized carbons (Fsp3) is 0.778. The number of allylic oxidation sites excluding steroid dienone is 9. The molecule has 2 heterocycles. The maximum atomic E-state index is 11.2. The van der Waals surface area contributed by atoms with Crippen LogP contribution >= 0.6 is 0 Å². The Morgan fingerprint density at radius 2 is 1.09 bits per heavy atom. The third-order valence-corrected chi connectivity index (χ3v) is 17.1. The minimum Gasteiger partial charge on any atom is -0.393 e. The van der Waals surface area contributed by atoms with Crippen molar-refractivity contribution in [2.75, 3.05) is 6.61 Å². The first kappa shape index (κ1) is 81.3. The lowest BCUT2D eigenvalue weighted by atomic mass is 9.85. The lowest BCUT2D eigenvalue weighted by Gasteiger charge is -2.42. The van der Waals surface area contributed by atoms with Gasteiger partial charge in [-0.2, -0.15) is 8.42 Å². The van der Waals surface area contributed by atoms with Crippen molar-refractivity contribution < 1.29 is 119 Å². The van der Waals surface area contributed by atoms with Gasteiger partial charge in [0.05, 0.1) is 79.9 Å². The topological polar surface area (TPSA) is 446 Å². The van der Waals surface area contributed by atoms with Crippen LogP contribution in [0.5, 0.6) is 0 Å². The Labute approximate surface area is 520 Å². The molecule has 19 N–H and O–H groups in total. The van der Waals surface area contributed by atoms with E-state index in [9.17, 15) is 100 Å². The van der Waals surface area contributed by atoms with Gasteiger partial charge in [-0.3, -0.25) is 4.55 Å². The van der Waals surface area contributed by atoms with E-state index < -0.39 is 157 Å². The summed E-state index contributed by atoms with van der Waals surface area (Å²) in [5.41, 5.74) is 0.466. The van der Waals surface area contributed by atoms with Gasteiger partial charge in [0.25, 0.3) is 0 Å². The smallest absolute Gasteiger partial charge is 0.393 e. The van der Waals surface area contributed by atoms with Crippen LogP contribution in [0.1, 0.15) is 156 Å². The van der Waals surface area contributed by atoms with E-state index in [4.69, 9.17) is 14.0 Å². The van der Waals surface area contributed by atoms with Gasteiger partial charge in [-0.1, -0.05) is 99.6 Å². The molecular weight excluding hydrogens is 1170 g/mol. The highest BCUT2D eigenvalue weighted by molar-refractivity contribution is 7.80. The van der Waals surface area contributed by atoms with Gasteiger partial charge in [-0.15, -0.1) is 6.58 Å². The third kappa shape index (κ3) is 31.2. The van der Waals surface area contributed by atoms with Crippen molar-refractivity contribution in [1.82, 2.24) is 0 Å². The number of unbranched alkanes of at least 4 members (excludes halogenated alkanes) is 4. The molecule has 88 heavy (non-hydrogen) atoms. The number of hydrogen-bond donors (Lipinski definition) is 19. The molecule has 24 unspecified atom stereocenters. The predicted molar refractivity (Wildman–Crippen MR) is 328 cm³/mol. The summed E-state index contributed by atoms with van der Waals surface area (Å²) in [6.07, 6.45) is -7.92. The van der Waals surface area contributed by atoms with Crippen LogP contribution in [0.2, 0.25) is 0 Å². The van der Waals surface area contributed by atoms with Crippen molar-refractivity contribution in [2.24, 2.45) is 11.8 Å². The average molecular weight is 1280 g/mol. The minimum absolute atomic E-state index is 0.00132. The Balaban J connectivity index is 1.82. The van der Waals surface area contributed by atoms with Crippen molar-refractivity contribution in [3.63, 3.8) is 0 Å². The van der Waals surface area contributed by atoms with Gasteiger partial charge < -0.3 is 101 Å². The van der Waals surface area contributed by atoms with E-state index in [-0.39, 0.29) is 63.5 Å². The fourth-order valence-electron chi connectivity index (χ4n) is 10.8. The SMILES string of the molecule is C=CCC/C=C/C=C/C=C/CC/C=C/C(O)C(O)C1OC(C(O)C(O)C(=C)CCC(O)C2CC(O)C(O)C(C(O)C(O)/C=C(\C)CCC(O)CC(O)C(O)C(C)CC(O)C(O)C(C)CCC(O)CCCC(O)CCCCCOS(=O)(=O)O)O2)CC(O)C1O. The lowest BCUT2D eigenvalue weighted by molar-refractivity contribution is -0.234. The highest BCUT2D eigenvalue weighted by Gasteiger charge is 2.47. The monoisotopic (exact) mass is 1280 g/mol. The highest BCUT2D eigenvalue weighted by atomic mass is 32.3. The number of aliphatic hydroxyl groups excluding tert-OH is 18. The highest BCUT2D eigenvalue weighted by Crippen LogP contribution is 2.32. The minimum atomic E-state index is -4.47. The summed E-state index contributed by atoms with van der Waals surface area (Å²) in [6.45, 7) is 12.2. The number of rotatable bonds is 46. The molecule has 2 rings (SSSR count). The van der Waals surface area contributed by atoms with E-state index in [1.54, 1.807) is 26.8 Å². The predicted octanol–water partition coefficient (Wildman–Crippen LogP) is 1.21. The summed E-state index contributed by atoms with van der Waals surface area (Å²) in [6, 6.07) is 0. The molecule has 2 aliphatic heterocycles. The molecule has 2 aliphatic rings. The summed E-state index contributed by atoms with van der Waals surface area (Å²) < 4.78 is 45.6. The Bertz CT molecular complexity index is 2180. The Morgan fingerprint density at radius 3 is 1.69 bits per heavy atom. The maximum Gasteiger partial charge on any atom is 0.397 e. The van der Waals surface area contributed by atoms with Gasteiger partial charge in [0.2, 0.25) is 0 Å². The normalized spacial score (nSPS) is 27.3. The average Bonchev–Trinajstić information content (AvgIpc) is 1.05. The maximum absolute atomic E-state index is 11.2. The van der Waals surface area contributed by atoms with Gasteiger partial charge >= 0.3 is 10.4 Å². The zero-order valence-electron chi connectivity index (χ0n) is 51.5. The van der Waals surface area contributed by atoms with Crippen LogP contribution in [-0.2, 0) is 24.1 Å². The van der Waals surface area contributed by atoms with Crippen molar-refractivity contribution in [3.05, 3.63) is 85.1 Å². The Kier molecular flexibility index (Phi) is 39.9. The van der Waals surface area contributed by atoms with Gasteiger partial charge in [0.1, 0.15) is 61.0 Å². The van der Waals surface area contributed by atoms with E-state index in [1.807, 2.05) is 42.5 Å². The Morgan fingerprint density at radius 1 is 0.568 bits per heavy atom. The van der Waals surface area contributed by atoms with Crippen LogP contribution in [-0.4, -0.2) is 246 Å². The molecule has 0 aromatic carbocycles. The molecule has 0 aliphatic carbocycles. The summed E-state index contributed by atoms with van der Waals surface area (Å²) in [7, 11) is -4.47. The molecular formula is C63H110O24S. The molecule has 24 atom stereocenters. The molecule has 0 amide bonds. The molecule has 2 fully saturated rings. The second kappa shape index (κ2) is 43.2. The van der Waals surface area contributed by atoms with Crippen LogP contribution < -0.4 is 0 Å². The zero-order valence-corrected chi connectivity index (χ0v) is 52.4. The van der Waals surface area contributed by atoms with Crippen LogP contribution in [0.3, 0.4) is 0 Å². The molecule has 0 bridgehead atoms. The summed E-state index contributed by atoms with van der Waals surface area (Å²) in [5, 5.41) is 195. The van der Waals surface area contributed by atoms with E-state index in [2.05, 4.69) is 17.3 Å². The van der Waals surface area contributed by atoms with Crippen LogP contribution in [0.15, 0.2) is 85.1 Å². The van der Waals surface area contributed by atoms with Gasteiger partial charge in [0.15, 0.2) is 0 Å². The number of hydrogen-bond acceptors (Lipinski definition) is 23. The number of ether oxygens (including phenoxy) is 2. The molecule has 512 valence electrons. The van der Waals surface area contributed by atoms with Gasteiger partial charge in [-0.25, -0.2) is 4.18 Å². The molecule has 0 radical (unpaired) electrons. The summed E-state index contributed by atoms with van der Waals surface area (Å²) in [4.78, 5) is 0. The lowest BCUT2D eigenvalue weighted by Crippen LogP contribution is -2.59. The summed E-state index contributed by atoms with van der Waals surface area (Å²) >= 11 is 0. The van der Waals surface area contributed by atoms with Crippen LogP contribution in [0.4, 0.5) is 0 Å². The van der Waals surface area contributed by atoms with Crippen molar-refractivity contribution >= 4 is 10.4 Å². The van der Waals surface area contributed by atoms with E-state index in [0.717, 1.165) is 12.8 Å². The quantitative estimate of drug-likeness (QED) is 0.0176. The van der Waals surface area contributed by atoms with Crippen molar-refractivity contribution in [2.45, 2.75) is 290 Å². The second-order valence-corrected chi connectivity index (χ2v) is 25.4. The molecule has 0 spiro atoms. The van der Waals surface area contributed by atoms with Crippen LogP contribution in [0, 0.1) is 11.8 Å². The van der Waals surface area contributed by atoms with E-state index >= 15 is 0 Å². The molecule has 2 saturated heterocycles. The van der Waals surface area contributed by atoms with Crippen molar-refractivity contribution in [1.29, 1.82) is 0 Å². The van der Waals surface area contributed by atoms with Crippen LogP contribution in [0.25, 0.3) is 0 Å². The standard InChI is InChI=1S/C63H110O24S/c1-6-7-8-9-10-11-12-13-14-15-16-19-25-46(68)57(77)62-60(80)51(73)37-53(87-62)61(81)56(76)40(4)28-31-45(67)52-36-50(72)59(79)63(86-52)58(78)47(69)33-38(2)26-29-44(66)35-49(71)55(75)41(5)34-48(70)54(74)39(3)27-30-43(65)24-21-23-42(64)22-18-17-20-32-85-88(82,83)84/h6,9-14,19,25,33,39,41-81H,1,4,7-8,15-18,20-24,26-32,34-37H2,2-3,5H3,(H,82,83,84)/b10-9+,12-11+,14-13+,25-19+,38-33+. The molecule has 24 nitrogen and oxygen atoms in total. The zero-order chi connectivity index (χ0) is 66.3. The summed E-state index contributed by atoms with van der Waals surface area (Å²) in [5.74, 6) is -1.16. The first-order valence-electron chi connectivity index (χ1n) is 31.2. The Hall–Kier alpha value is -2.75. The van der Waals surface area contributed by atoms with E-state index in [0.29, 0.717) is 76.2 Å².